The minimum Gasteiger partial charge on any atom is -0.394 e. The van der Waals surface area contributed by atoms with E-state index in [2.05, 4.69) is 22.6 Å². The molecule has 0 saturated heterocycles. The van der Waals surface area contributed by atoms with Gasteiger partial charge in [-0.2, -0.15) is 0 Å². The first-order valence-corrected chi connectivity index (χ1v) is 3.61. The second kappa shape index (κ2) is 9.82. The van der Waals surface area contributed by atoms with Gasteiger partial charge in [-0.15, -0.1) is 0 Å². The molecule has 0 unspecified atom stereocenters. The third-order valence-corrected chi connectivity index (χ3v) is 0. The number of alkyl halides is 1. The number of aliphatic hydroxyl groups is 1. The van der Waals surface area contributed by atoms with Gasteiger partial charge < -0.3 is 10.8 Å². The van der Waals surface area contributed by atoms with E-state index in [1.165, 1.54) is 0 Å². The van der Waals surface area contributed by atoms with E-state index in [4.69, 9.17) is 10.8 Å². The quantitative estimate of drug-likeness (QED) is 0.357. The third-order valence-electron chi connectivity index (χ3n) is 0. The summed E-state index contributed by atoms with van der Waals surface area (Å²) in [4.78, 5) is 0. The lowest BCUT2D eigenvalue weighted by Crippen LogP contribution is -1.85. The zero-order valence-corrected chi connectivity index (χ0v) is 6.84. The van der Waals surface area contributed by atoms with Crippen molar-refractivity contribution in [2.75, 3.05) is 4.55 Å². The van der Waals surface area contributed by atoms with Crippen molar-refractivity contribution in [1.82, 2.24) is 0 Å². The van der Waals surface area contributed by atoms with Gasteiger partial charge in [0.25, 0.3) is 0 Å². The Hall–Kier alpha value is 0.650. The molecule has 0 aliphatic rings. The first kappa shape index (κ1) is 10.6. The van der Waals surface area contributed by atoms with Crippen LogP contribution in [0.1, 0.15) is 13.8 Å². The number of nitrogens with two attached hydrogens (primary N) is 1. The lowest BCUT2D eigenvalue weighted by atomic mass is 10.5. The van der Waals surface area contributed by atoms with Gasteiger partial charge in [0.2, 0.25) is 0 Å². The minimum atomic E-state index is -0.167. The summed E-state index contributed by atoms with van der Waals surface area (Å²) in [5, 5.41) is 8.06. The van der Waals surface area contributed by atoms with Gasteiger partial charge in [0.1, 0.15) is 0 Å². The van der Waals surface area contributed by atoms with E-state index in [1.807, 2.05) is 0 Å². The first-order valence-electron chi connectivity index (χ1n) is 2.09. The van der Waals surface area contributed by atoms with Gasteiger partial charge in [0.15, 0.2) is 0 Å². The summed E-state index contributed by atoms with van der Waals surface area (Å²) in [7, 11) is 0. The molecule has 3 heteroatoms. The molecule has 0 saturated carbocycles. The van der Waals surface area contributed by atoms with Crippen LogP contribution in [0.3, 0.4) is 0 Å². The van der Waals surface area contributed by atoms with E-state index < -0.39 is 0 Å². The smallest absolute Gasteiger partial charge is 0.0483 e. The maximum atomic E-state index is 8.06. The molecule has 0 heterocycles. The van der Waals surface area contributed by atoms with Crippen LogP contribution in [0.5, 0.6) is 0 Å². The fraction of sp³-hybridized carbons (Fsp3) is 1.00. The molecule has 0 spiro atoms. The van der Waals surface area contributed by atoms with Crippen molar-refractivity contribution in [2.45, 2.75) is 20.0 Å². The van der Waals surface area contributed by atoms with E-state index in [9.17, 15) is 0 Å². The first-order chi connectivity index (χ1) is 3.15. The molecule has 7 heavy (non-hydrogen) atoms. The number of hydrogen-bond donors (Lipinski definition) is 2. The zero-order valence-electron chi connectivity index (χ0n) is 4.69. The monoisotopic (exact) mass is 217 g/mol. The average molecular weight is 217 g/mol. The van der Waals surface area contributed by atoms with E-state index in [1.54, 1.807) is 13.8 Å². The Morgan fingerprint density at radius 1 is 1.71 bits per heavy atom. The number of aliphatic hydroxyl groups excluding tert-OH is 1. The molecule has 0 aliphatic heterocycles. The highest BCUT2D eigenvalue weighted by Crippen LogP contribution is 1.65. The lowest BCUT2D eigenvalue weighted by molar-refractivity contribution is 0.216. The molecule has 3 N–H and O–H groups in total. The van der Waals surface area contributed by atoms with Gasteiger partial charge in [-0.3, -0.25) is 0 Å². The maximum Gasteiger partial charge on any atom is 0.0483 e. The van der Waals surface area contributed by atoms with Crippen molar-refractivity contribution in [3.8, 4) is 0 Å². The summed E-state index contributed by atoms with van der Waals surface area (Å²) in [6, 6.07) is 0. The highest BCUT2D eigenvalue weighted by atomic mass is 127. The number of halogens is 1. The van der Waals surface area contributed by atoms with Gasteiger partial charge >= 0.3 is 0 Å². The Morgan fingerprint density at radius 2 is 1.71 bits per heavy atom. The standard InChI is InChI=1S/C3H8O.CH4IN/c1-3(2)4;2-1-3/h3-4H,1-2H3;1,3H2. The SMILES string of the molecule is CC(C)O.NCI. The van der Waals surface area contributed by atoms with Crippen LogP contribution >= 0.6 is 22.6 Å². The van der Waals surface area contributed by atoms with Gasteiger partial charge in [-0.05, 0) is 13.8 Å². The van der Waals surface area contributed by atoms with Crippen LogP contribution in [0.2, 0.25) is 0 Å². The molecule has 0 aromatic heterocycles. The van der Waals surface area contributed by atoms with Crippen LogP contribution in [0, 0.1) is 0 Å². The maximum absolute atomic E-state index is 8.06. The summed E-state index contributed by atoms with van der Waals surface area (Å²) in [6.07, 6.45) is -0.167. The van der Waals surface area contributed by atoms with Crippen LogP contribution < -0.4 is 5.73 Å². The average Bonchev–Trinajstić information content (AvgIpc) is 1.33. The second-order valence-electron chi connectivity index (χ2n) is 1.25. The molecule has 0 rings (SSSR count). The fourth-order valence-corrected chi connectivity index (χ4v) is 0. The molecule has 0 radical (unpaired) electrons. The highest BCUT2D eigenvalue weighted by Gasteiger charge is 1.69. The molecule has 0 aromatic rings. The van der Waals surface area contributed by atoms with Crippen LogP contribution in [0.4, 0.5) is 0 Å². The predicted molar refractivity (Wildman–Crippen MR) is 40.4 cm³/mol. The Kier molecular flexibility index (Phi) is 14.9. The molecule has 0 aliphatic carbocycles. The Bertz CT molecular complexity index is 22.9. The number of rotatable bonds is 0. The minimum absolute atomic E-state index is 0.167. The Labute approximate surface area is 58.2 Å². The zero-order chi connectivity index (χ0) is 6.28. The van der Waals surface area contributed by atoms with E-state index in [-0.39, 0.29) is 6.10 Å². The van der Waals surface area contributed by atoms with Crippen molar-refractivity contribution >= 4 is 22.6 Å². The van der Waals surface area contributed by atoms with Crippen molar-refractivity contribution in [2.24, 2.45) is 5.73 Å². The highest BCUT2D eigenvalue weighted by molar-refractivity contribution is 14.1. The third kappa shape index (κ3) is 340. The lowest BCUT2D eigenvalue weighted by Gasteiger charge is -1.80. The summed E-state index contributed by atoms with van der Waals surface area (Å²) in [6.45, 7) is 3.44. The van der Waals surface area contributed by atoms with Crippen LogP contribution in [-0.2, 0) is 0 Å². The number of hydrogen-bond acceptors (Lipinski definition) is 2. The molecule has 0 atom stereocenters. The fourth-order valence-electron chi connectivity index (χ4n) is 0. The van der Waals surface area contributed by atoms with Gasteiger partial charge in [-0.1, -0.05) is 22.6 Å². The molecule has 0 fully saturated rings. The van der Waals surface area contributed by atoms with E-state index in [0.717, 1.165) is 4.55 Å². The van der Waals surface area contributed by atoms with Crippen LogP contribution in [0.15, 0.2) is 0 Å². The molecule has 0 amide bonds. The van der Waals surface area contributed by atoms with E-state index in [0.29, 0.717) is 0 Å². The summed E-state index contributed by atoms with van der Waals surface area (Å²) in [5.74, 6) is 0. The molecule has 0 bridgehead atoms. The van der Waals surface area contributed by atoms with E-state index >= 15 is 0 Å². The summed E-state index contributed by atoms with van der Waals surface area (Å²) < 4.78 is 0.720. The molecular weight excluding hydrogens is 205 g/mol. The molecule has 0 aromatic carbocycles. The van der Waals surface area contributed by atoms with Crippen molar-refractivity contribution in [1.29, 1.82) is 0 Å². The van der Waals surface area contributed by atoms with Gasteiger partial charge in [-0.25, -0.2) is 0 Å². The Balaban J connectivity index is 0. The molecule has 2 nitrogen and oxygen atoms in total. The predicted octanol–water partition coefficient (Wildman–Crippen LogP) is 0.725. The van der Waals surface area contributed by atoms with Crippen molar-refractivity contribution in [3.05, 3.63) is 0 Å². The molecular formula is C4H12INO. The summed E-state index contributed by atoms with van der Waals surface area (Å²) >= 11 is 2.07. The van der Waals surface area contributed by atoms with Crippen molar-refractivity contribution in [3.63, 3.8) is 0 Å². The second-order valence-corrected chi connectivity index (χ2v) is 2.13. The summed E-state index contributed by atoms with van der Waals surface area (Å²) in [5.41, 5.74) is 4.83. The van der Waals surface area contributed by atoms with Gasteiger partial charge in [0, 0.05) is 10.7 Å². The topological polar surface area (TPSA) is 46.2 Å². The Morgan fingerprint density at radius 3 is 1.71 bits per heavy atom. The van der Waals surface area contributed by atoms with Crippen molar-refractivity contribution < 1.29 is 5.11 Å². The van der Waals surface area contributed by atoms with Gasteiger partial charge in [0.05, 0.1) is 0 Å². The normalized spacial score (nSPS) is 7.71. The largest absolute Gasteiger partial charge is 0.394 e. The molecule has 46 valence electrons. The van der Waals surface area contributed by atoms with Crippen LogP contribution in [0.25, 0.3) is 0 Å². The van der Waals surface area contributed by atoms with Crippen LogP contribution in [-0.4, -0.2) is 15.8 Å².